The maximum Gasteiger partial charge on any atom is 0.417 e. The Balaban J connectivity index is 1.34. The third-order valence-corrected chi connectivity index (χ3v) is 14.9. The predicted octanol–water partition coefficient (Wildman–Crippen LogP) is 8.13. The minimum Gasteiger partial charge on any atom is -0.444 e. The lowest BCUT2D eigenvalue weighted by Crippen LogP contribution is -2.67. The third-order valence-electron chi connectivity index (χ3n) is 9.90. The van der Waals surface area contributed by atoms with E-state index >= 15 is 0 Å². The number of benzene rings is 5. The van der Waals surface area contributed by atoms with E-state index in [0.29, 0.717) is 0 Å². The molecule has 1 aliphatic rings. The van der Waals surface area contributed by atoms with Gasteiger partial charge in [0.15, 0.2) is 0 Å². The molecule has 3 atom stereocenters. The van der Waals surface area contributed by atoms with Crippen LogP contribution in [0.3, 0.4) is 0 Å². The molecule has 0 bridgehead atoms. The number of nitrogens with zero attached hydrogens (tertiary/aromatic N) is 5. The summed E-state index contributed by atoms with van der Waals surface area (Å²) in [4.78, 5) is 36.4. The number of rotatable bonds is 15. The van der Waals surface area contributed by atoms with Crippen molar-refractivity contribution in [1.82, 2.24) is 10.2 Å². The van der Waals surface area contributed by atoms with Crippen LogP contribution in [0.4, 0.5) is 9.59 Å². The highest BCUT2D eigenvalue weighted by molar-refractivity contribution is 6.99. The van der Waals surface area contributed by atoms with Gasteiger partial charge in [-0.25, -0.2) is 19.5 Å². The molecule has 2 amide bonds. The fourth-order valence-electron chi connectivity index (χ4n) is 7.10. The largest absolute Gasteiger partial charge is 0.444 e. The summed E-state index contributed by atoms with van der Waals surface area (Å²) in [5.41, 5.74) is 12.5. The van der Waals surface area contributed by atoms with Gasteiger partial charge in [-0.05, 0) is 37.6 Å². The van der Waals surface area contributed by atoms with Gasteiger partial charge in [0.05, 0.1) is 31.3 Å². The summed E-state index contributed by atoms with van der Waals surface area (Å²) in [6, 6.07) is 46.7. The summed E-state index contributed by atoms with van der Waals surface area (Å²) >= 11 is 0. The zero-order valence-electron chi connectivity index (χ0n) is 32.9. The van der Waals surface area contributed by atoms with Crippen LogP contribution in [0, 0.1) is 0 Å². The number of hydrogen-bond acceptors (Lipinski definition) is 8. The summed E-state index contributed by atoms with van der Waals surface area (Å²) in [5, 5.41) is 8.70. The molecule has 58 heavy (non-hydrogen) atoms. The topological polar surface area (TPSA) is 147 Å². The average molecular weight is 797 g/mol. The van der Waals surface area contributed by atoms with Gasteiger partial charge in [-0.3, -0.25) is 5.32 Å². The van der Waals surface area contributed by atoms with E-state index in [1.165, 1.54) is 4.90 Å². The zero-order chi connectivity index (χ0) is 40.8. The number of alkyl carbamates (subject to hydrolysis) is 1. The van der Waals surface area contributed by atoms with Crippen molar-refractivity contribution in [2.24, 2.45) is 10.1 Å². The molecule has 298 valence electrons. The van der Waals surface area contributed by atoms with Gasteiger partial charge in [0.2, 0.25) is 5.96 Å². The Kier molecular flexibility index (Phi) is 14.1. The number of ether oxygens (including phenoxy) is 3. The Bertz CT molecular complexity index is 2110. The molecule has 0 saturated heterocycles. The molecule has 1 aliphatic heterocycles. The number of carbonyl (C=O) groups is 2. The van der Waals surface area contributed by atoms with Crippen molar-refractivity contribution in [1.29, 1.82) is 0 Å². The Morgan fingerprint density at radius 2 is 1.22 bits per heavy atom. The fourth-order valence-corrected chi connectivity index (χ4v) is 11.7. The van der Waals surface area contributed by atoms with Crippen LogP contribution in [-0.2, 0) is 38.5 Å². The third kappa shape index (κ3) is 10.4. The van der Waals surface area contributed by atoms with E-state index in [2.05, 4.69) is 60.4 Å². The highest BCUT2D eigenvalue weighted by atomic mass is 28.4. The molecule has 6 rings (SSSR count). The van der Waals surface area contributed by atoms with Gasteiger partial charge in [0, 0.05) is 11.5 Å². The van der Waals surface area contributed by atoms with Crippen LogP contribution < -0.4 is 15.7 Å². The summed E-state index contributed by atoms with van der Waals surface area (Å²) in [6.45, 7) is 6.56. The van der Waals surface area contributed by atoms with E-state index < -0.39 is 38.7 Å². The Hall–Kier alpha value is -6.24. The normalized spacial score (nSPS) is 15.1. The van der Waals surface area contributed by atoms with Crippen molar-refractivity contribution in [2.45, 2.75) is 63.8 Å². The van der Waals surface area contributed by atoms with Crippen LogP contribution in [0.5, 0.6) is 0 Å². The van der Waals surface area contributed by atoms with E-state index in [9.17, 15) is 15.1 Å². The number of carbonyl (C=O) groups excluding carboxylic acids is 2. The van der Waals surface area contributed by atoms with Crippen molar-refractivity contribution < 1.29 is 28.2 Å². The highest BCUT2D eigenvalue weighted by Crippen LogP contribution is 2.37. The van der Waals surface area contributed by atoms with Crippen LogP contribution in [0.25, 0.3) is 10.4 Å². The standard InChI is InChI=1S/C45H48N6O6Si/c1-45(2,3)58(37-25-15-7-16-26-37,38-27-17-8-18-28-38)57-33-40(49-50-46)41(54-30-34-19-9-4-10-20-34)39-29-51(44(53)56-32-36-23-13-6-14-24-36)42(47-39)48-43(52)55-31-35-21-11-5-12-22-35/h4-28,39-41H,29-33H2,1-3H3,(H,47,48,52)/t39-,40+,41-/m0/s1. The van der Waals surface area contributed by atoms with E-state index in [-0.39, 0.29) is 44.0 Å². The fraction of sp³-hybridized carbons (Fsp3) is 0.267. The Morgan fingerprint density at radius 3 is 1.71 bits per heavy atom. The number of aliphatic imine (C=N–C) groups is 1. The van der Waals surface area contributed by atoms with Crippen LogP contribution >= 0.6 is 0 Å². The molecule has 0 aromatic heterocycles. The van der Waals surface area contributed by atoms with Gasteiger partial charge in [-0.15, -0.1) is 0 Å². The second-order valence-electron chi connectivity index (χ2n) is 14.9. The molecular weight excluding hydrogens is 749 g/mol. The first kappa shape index (κ1) is 41.4. The predicted molar refractivity (Wildman–Crippen MR) is 226 cm³/mol. The molecule has 12 nitrogen and oxygen atoms in total. The van der Waals surface area contributed by atoms with Crippen LogP contribution in [-0.4, -0.2) is 62.7 Å². The van der Waals surface area contributed by atoms with Gasteiger partial charge < -0.3 is 18.6 Å². The zero-order valence-corrected chi connectivity index (χ0v) is 33.9. The maximum atomic E-state index is 13.8. The first-order chi connectivity index (χ1) is 28.2. The minimum atomic E-state index is -3.09. The monoisotopic (exact) mass is 796 g/mol. The Labute approximate surface area is 340 Å². The number of hydrogen-bond donors (Lipinski definition) is 1. The molecular formula is C45H48N6O6Si. The van der Waals surface area contributed by atoms with E-state index in [0.717, 1.165) is 27.1 Å². The molecule has 1 N–H and O–H groups in total. The Morgan fingerprint density at radius 1 is 0.759 bits per heavy atom. The van der Waals surface area contributed by atoms with Crippen molar-refractivity contribution in [3.8, 4) is 0 Å². The van der Waals surface area contributed by atoms with Gasteiger partial charge in [0.1, 0.15) is 13.2 Å². The second-order valence-corrected chi connectivity index (χ2v) is 19.2. The van der Waals surface area contributed by atoms with Crippen molar-refractivity contribution in [3.05, 3.63) is 179 Å². The van der Waals surface area contributed by atoms with Crippen molar-refractivity contribution >= 4 is 36.8 Å². The smallest absolute Gasteiger partial charge is 0.417 e. The van der Waals surface area contributed by atoms with E-state index in [4.69, 9.17) is 23.6 Å². The quantitative estimate of drug-likeness (QED) is 0.0490. The molecule has 1 heterocycles. The molecule has 13 heteroatoms. The molecule has 0 aliphatic carbocycles. The van der Waals surface area contributed by atoms with Crippen LogP contribution in [0.15, 0.2) is 162 Å². The van der Waals surface area contributed by atoms with Crippen LogP contribution in [0.2, 0.25) is 5.04 Å². The molecule has 0 spiro atoms. The van der Waals surface area contributed by atoms with Crippen LogP contribution in [0.1, 0.15) is 37.5 Å². The number of guanidine groups is 1. The van der Waals surface area contributed by atoms with E-state index in [1.807, 2.05) is 127 Å². The first-order valence-electron chi connectivity index (χ1n) is 19.2. The molecule has 0 saturated carbocycles. The number of nitrogens with one attached hydrogen (secondary N) is 1. The van der Waals surface area contributed by atoms with Gasteiger partial charge >= 0.3 is 12.2 Å². The summed E-state index contributed by atoms with van der Waals surface area (Å²) in [6.07, 6.45) is -2.47. The van der Waals surface area contributed by atoms with Crippen molar-refractivity contribution in [3.63, 3.8) is 0 Å². The lowest BCUT2D eigenvalue weighted by Gasteiger charge is -2.44. The van der Waals surface area contributed by atoms with Crippen molar-refractivity contribution in [2.75, 3.05) is 13.2 Å². The van der Waals surface area contributed by atoms with Gasteiger partial charge in [-0.2, -0.15) is 0 Å². The lowest BCUT2D eigenvalue weighted by molar-refractivity contribution is -0.00341. The number of azide groups is 1. The highest BCUT2D eigenvalue weighted by Gasteiger charge is 2.51. The van der Waals surface area contributed by atoms with E-state index in [1.54, 1.807) is 0 Å². The molecule has 5 aromatic rings. The number of amides is 2. The molecule has 0 unspecified atom stereocenters. The molecule has 5 aromatic carbocycles. The molecule has 0 radical (unpaired) electrons. The maximum absolute atomic E-state index is 13.8. The summed E-state index contributed by atoms with van der Waals surface area (Å²) in [7, 11) is -3.09. The summed E-state index contributed by atoms with van der Waals surface area (Å²) in [5.74, 6) is -0.0815. The first-order valence-corrected chi connectivity index (χ1v) is 21.1. The minimum absolute atomic E-state index is 0.00316. The lowest BCUT2D eigenvalue weighted by atomic mass is 10.0. The van der Waals surface area contributed by atoms with Gasteiger partial charge in [0.25, 0.3) is 8.32 Å². The van der Waals surface area contributed by atoms with Gasteiger partial charge in [-0.1, -0.05) is 178 Å². The average Bonchev–Trinajstić information content (AvgIpc) is 3.66. The second kappa shape index (κ2) is 19.8. The summed E-state index contributed by atoms with van der Waals surface area (Å²) < 4.78 is 25.1. The molecule has 0 fully saturated rings. The SMILES string of the molecule is CC(C)(C)[Si](OC[C@@H](N=[N+]=[N-])[C@@H](OCc1ccccc1)[C@@H]1CN(C(=O)OCc2ccccc2)C(NC(=O)OCc2ccccc2)=N1)(c1ccccc1)c1ccccc1.